The summed E-state index contributed by atoms with van der Waals surface area (Å²) in [6.07, 6.45) is 1.84. The molecule has 6 heteroatoms. The van der Waals surface area contributed by atoms with Crippen LogP contribution in [0.4, 0.5) is 4.39 Å². The Morgan fingerprint density at radius 3 is 2.32 bits per heavy atom. The van der Waals surface area contributed by atoms with E-state index in [2.05, 4.69) is 12.6 Å². The van der Waals surface area contributed by atoms with Crippen LogP contribution in [-0.2, 0) is 9.31 Å². The minimum atomic E-state index is -0.479. The Morgan fingerprint density at radius 2 is 1.86 bits per heavy atom. The van der Waals surface area contributed by atoms with Gasteiger partial charge in [0, 0.05) is 5.75 Å². The van der Waals surface area contributed by atoms with Crippen LogP contribution in [0.5, 0.6) is 5.75 Å². The Morgan fingerprint density at radius 1 is 1.27 bits per heavy atom. The van der Waals surface area contributed by atoms with Gasteiger partial charge in [0.2, 0.25) is 0 Å². The first-order valence-electron chi connectivity index (χ1n) is 7.20. The second-order valence-corrected chi connectivity index (χ2v) is 6.68. The highest BCUT2D eigenvalue weighted by Crippen LogP contribution is 2.39. The monoisotopic (exact) mass is 324 g/mol. The van der Waals surface area contributed by atoms with Crippen LogP contribution in [0.1, 0.15) is 33.3 Å². The standard InChI is InChI=1S/C16H22BFO3S/c1-15(2)16(3,4)21-17(20-15)12(10-22)8-11-6-7-14(19-5)13(18)9-11/h6-9,22H,10H2,1-5H3. The summed E-state index contributed by atoms with van der Waals surface area (Å²) in [4.78, 5) is 0. The van der Waals surface area contributed by atoms with Crippen molar-refractivity contribution in [2.24, 2.45) is 0 Å². The van der Waals surface area contributed by atoms with Crippen LogP contribution >= 0.6 is 12.6 Å². The van der Waals surface area contributed by atoms with Crippen molar-refractivity contribution >= 4 is 25.8 Å². The van der Waals surface area contributed by atoms with Gasteiger partial charge in [0.25, 0.3) is 0 Å². The van der Waals surface area contributed by atoms with Crippen molar-refractivity contribution < 1.29 is 18.4 Å². The SMILES string of the molecule is COc1ccc(C=C(CS)B2OC(C)(C)C(C)(C)O2)cc1F. The van der Waals surface area contributed by atoms with Crippen LogP contribution in [0.15, 0.2) is 23.7 Å². The van der Waals surface area contributed by atoms with Crippen molar-refractivity contribution in [2.75, 3.05) is 12.9 Å². The van der Waals surface area contributed by atoms with Gasteiger partial charge in [0.1, 0.15) is 0 Å². The first-order chi connectivity index (χ1) is 10.2. The molecule has 0 aromatic heterocycles. The summed E-state index contributed by atoms with van der Waals surface area (Å²) >= 11 is 4.35. The molecular formula is C16H22BFO3S. The zero-order chi connectivity index (χ0) is 16.5. The van der Waals surface area contributed by atoms with Gasteiger partial charge < -0.3 is 14.0 Å². The van der Waals surface area contributed by atoms with Crippen molar-refractivity contribution in [1.82, 2.24) is 0 Å². The van der Waals surface area contributed by atoms with Crippen LogP contribution in [-0.4, -0.2) is 31.2 Å². The fraction of sp³-hybridized carbons (Fsp3) is 0.500. The molecule has 0 saturated carbocycles. The number of ether oxygens (including phenoxy) is 1. The van der Waals surface area contributed by atoms with Gasteiger partial charge in [-0.3, -0.25) is 0 Å². The highest BCUT2D eigenvalue weighted by molar-refractivity contribution is 7.80. The lowest BCUT2D eigenvalue weighted by Crippen LogP contribution is -2.41. The molecule has 0 amide bonds. The van der Waals surface area contributed by atoms with Gasteiger partial charge >= 0.3 is 7.12 Å². The van der Waals surface area contributed by atoms with Gasteiger partial charge in [-0.15, -0.1) is 0 Å². The summed E-state index contributed by atoms with van der Waals surface area (Å²) in [5.41, 5.74) is 0.749. The number of hydrogen-bond donors (Lipinski definition) is 1. The predicted octanol–water partition coefficient (Wildman–Crippen LogP) is 3.78. The number of hydrogen-bond acceptors (Lipinski definition) is 4. The second-order valence-electron chi connectivity index (χ2n) is 6.36. The van der Waals surface area contributed by atoms with E-state index >= 15 is 0 Å². The summed E-state index contributed by atoms with van der Waals surface area (Å²) in [7, 11) is 0.963. The van der Waals surface area contributed by atoms with Gasteiger partial charge in [-0.25, -0.2) is 4.39 Å². The maximum Gasteiger partial charge on any atom is 0.491 e. The normalized spacial score (nSPS) is 20.3. The quantitative estimate of drug-likeness (QED) is 0.675. The van der Waals surface area contributed by atoms with Gasteiger partial charge in [-0.2, -0.15) is 12.6 Å². The molecule has 2 rings (SSSR count). The Hall–Kier alpha value is -0.975. The lowest BCUT2D eigenvalue weighted by Gasteiger charge is -2.32. The summed E-state index contributed by atoms with van der Waals surface area (Å²) < 4.78 is 30.7. The molecule has 1 saturated heterocycles. The molecule has 0 aliphatic carbocycles. The maximum atomic E-state index is 13.8. The Kier molecular flexibility index (Phi) is 4.95. The summed E-state index contributed by atoms with van der Waals surface area (Å²) in [6.45, 7) is 7.98. The van der Waals surface area contributed by atoms with Crippen molar-refractivity contribution in [3.05, 3.63) is 35.1 Å². The molecule has 3 nitrogen and oxygen atoms in total. The van der Waals surface area contributed by atoms with Crippen molar-refractivity contribution in [3.63, 3.8) is 0 Å². The van der Waals surface area contributed by atoms with Crippen LogP contribution < -0.4 is 4.74 Å². The van der Waals surface area contributed by atoms with E-state index in [1.54, 1.807) is 12.1 Å². The topological polar surface area (TPSA) is 27.7 Å². The number of benzene rings is 1. The molecule has 0 spiro atoms. The molecule has 1 aromatic rings. The van der Waals surface area contributed by atoms with E-state index in [1.807, 2.05) is 33.8 Å². The lowest BCUT2D eigenvalue weighted by atomic mass is 9.78. The van der Waals surface area contributed by atoms with E-state index in [9.17, 15) is 4.39 Å². The Bertz CT molecular complexity index is 571. The lowest BCUT2D eigenvalue weighted by molar-refractivity contribution is 0.00578. The number of rotatable bonds is 4. The molecule has 22 heavy (non-hydrogen) atoms. The smallest absolute Gasteiger partial charge is 0.491 e. The second kappa shape index (κ2) is 6.26. The van der Waals surface area contributed by atoms with Crippen molar-refractivity contribution in [1.29, 1.82) is 0 Å². The third-order valence-electron chi connectivity index (χ3n) is 4.27. The van der Waals surface area contributed by atoms with Crippen LogP contribution in [0.2, 0.25) is 0 Å². The van der Waals surface area contributed by atoms with Crippen molar-refractivity contribution in [2.45, 2.75) is 38.9 Å². The van der Waals surface area contributed by atoms with Gasteiger partial charge in [0.15, 0.2) is 11.6 Å². The number of thiol groups is 1. The first kappa shape index (κ1) is 17.4. The molecule has 0 bridgehead atoms. The fourth-order valence-electron chi connectivity index (χ4n) is 2.17. The summed E-state index contributed by atoms with van der Waals surface area (Å²) in [6, 6.07) is 4.81. The molecule has 1 aromatic carbocycles. The number of methoxy groups -OCH3 is 1. The molecule has 120 valence electrons. The summed E-state index contributed by atoms with van der Waals surface area (Å²) in [5.74, 6) is 0.286. The van der Waals surface area contributed by atoms with E-state index in [-0.39, 0.29) is 5.75 Å². The number of halogens is 1. The molecular weight excluding hydrogens is 302 g/mol. The molecule has 1 aliphatic heterocycles. The molecule has 0 atom stereocenters. The van der Waals surface area contributed by atoms with Crippen LogP contribution in [0.25, 0.3) is 6.08 Å². The summed E-state index contributed by atoms with van der Waals surface area (Å²) in [5, 5.41) is 0. The fourth-order valence-corrected chi connectivity index (χ4v) is 2.41. The minimum Gasteiger partial charge on any atom is -0.494 e. The molecule has 0 unspecified atom stereocenters. The molecule has 0 N–H and O–H groups in total. The van der Waals surface area contributed by atoms with Crippen molar-refractivity contribution in [3.8, 4) is 5.75 Å². The predicted molar refractivity (Wildman–Crippen MR) is 90.9 cm³/mol. The van der Waals surface area contributed by atoms with E-state index in [1.165, 1.54) is 13.2 Å². The molecule has 1 heterocycles. The average Bonchev–Trinajstić information content (AvgIpc) is 2.65. The highest BCUT2D eigenvalue weighted by atomic mass is 32.1. The third kappa shape index (κ3) is 3.34. The van der Waals surface area contributed by atoms with Crippen LogP contribution in [0, 0.1) is 5.82 Å². The van der Waals surface area contributed by atoms with E-state index in [0.29, 0.717) is 5.75 Å². The highest BCUT2D eigenvalue weighted by Gasteiger charge is 2.52. The zero-order valence-electron chi connectivity index (χ0n) is 13.6. The maximum absolute atomic E-state index is 13.8. The van der Waals surface area contributed by atoms with Gasteiger partial charge in [-0.1, -0.05) is 12.1 Å². The Balaban J connectivity index is 2.27. The van der Waals surface area contributed by atoms with Crippen LogP contribution in [0.3, 0.4) is 0 Å². The van der Waals surface area contributed by atoms with E-state index in [4.69, 9.17) is 14.0 Å². The minimum absolute atomic E-state index is 0.222. The van der Waals surface area contributed by atoms with E-state index in [0.717, 1.165) is 11.0 Å². The van der Waals surface area contributed by atoms with Gasteiger partial charge in [-0.05, 0) is 50.9 Å². The molecule has 0 radical (unpaired) electrons. The largest absolute Gasteiger partial charge is 0.494 e. The average molecular weight is 324 g/mol. The van der Waals surface area contributed by atoms with E-state index < -0.39 is 24.1 Å². The Labute approximate surface area is 137 Å². The third-order valence-corrected chi connectivity index (χ3v) is 4.63. The molecule has 1 fully saturated rings. The zero-order valence-corrected chi connectivity index (χ0v) is 14.5. The molecule has 1 aliphatic rings. The van der Waals surface area contributed by atoms with Gasteiger partial charge in [0.05, 0.1) is 18.3 Å². The first-order valence-corrected chi connectivity index (χ1v) is 7.84.